The number of nitrogens with zero attached hydrogens (tertiary/aromatic N) is 2. The zero-order chi connectivity index (χ0) is 23.5. The van der Waals surface area contributed by atoms with E-state index >= 15 is 0 Å². The van der Waals surface area contributed by atoms with Crippen LogP contribution in [0.4, 0.5) is 5.69 Å². The third-order valence-electron chi connectivity index (χ3n) is 6.13. The average Bonchev–Trinajstić information content (AvgIpc) is 3.24. The zero-order valence-corrected chi connectivity index (χ0v) is 19.2. The Balaban J connectivity index is 1.38. The summed E-state index contributed by atoms with van der Waals surface area (Å²) in [5.74, 6) is 1.85. The molecule has 2 aliphatic rings. The number of hydrogen-bond donors (Lipinski definition) is 0. The molecule has 2 heterocycles. The lowest BCUT2D eigenvalue weighted by molar-refractivity contribution is 0.0777. The topological polar surface area (TPSA) is 60.4 Å². The molecule has 0 aliphatic carbocycles. The van der Waals surface area contributed by atoms with Gasteiger partial charge in [0.1, 0.15) is 12.4 Å². The molecule has 0 N–H and O–H groups in total. The minimum atomic E-state index is -0.0796. The number of benzene rings is 3. The van der Waals surface area contributed by atoms with E-state index in [-0.39, 0.29) is 11.9 Å². The Bertz CT molecular complexity index is 1250. The summed E-state index contributed by atoms with van der Waals surface area (Å²) in [6.07, 6.45) is 4.76. The summed E-state index contributed by atoms with van der Waals surface area (Å²) >= 11 is 0. The van der Waals surface area contributed by atoms with Gasteiger partial charge in [0.05, 0.1) is 31.5 Å². The van der Waals surface area contributed by atoms with E-state index in [1.54, 1.807) is 26.4 Å². The summed E-state index contributed by atoms with van der Waals surface area (Å²) < 4.78 is 16.8. The highest BCUT2D eigenvalue weighted by Crippen LogP contribution is 2.39. The maximum Gasteiger partial charge on any atom is 0.257 e. The van der Waals surface area contributed by atoms with Gasteiger partial charge >= 0.3 is 0 Å². The molecular formula is C28H26N2O4. The summed E-state index contributed by atoms with van der Waals surface area (Å²) in [7, 11) is 3.23. The predicted octanol–water partition coefficient (Wildman–Crippen LogP) is 5.30. The van der Waals surface area contributed by atoms with Crippen molar-refractivity contribution in [2.75, 3.05) is 20.8 Å². The van der Waals surface area contributed by atoms with Crippen molar-refractivity contribution in [3.63, 3.8) is 0 Å². The van der Waals surface area contributed by atoms with Crippen LogP contribution < -0.4 is 14.2 Å². The van der Waals surface area contributed by atoms with Crippen molar-refractivity contribution in [3.8, 4) is 17.2 Å². The van der Waals surface area contributed by atoms with E-state index in [1.165, 1.54) is 5.57 Å². The third-order valence-corrected chi connectivity index (χ3v) is 6.13. The number of carbonyl (C=O) groups is 1. The lowest BCUT2D eigenvalue weighted by atomic mass is 10.1. The van der Waals surface area contributed by atoms with Crippen molar-refractivity contribution in [1.29, 1.82) is 0 Å². The number of rotatable bonds is 6. The fraction of sp³-hybridized carbons (Fsp3) is 0.214. The van der Waals surface area contributed by atoms with Gasteiger partial charge in [-0.05, 0) is 41.3 Å². The number of amides is 1. The van der Waals surface area contributed by atoms with Crippen LogP contribution in [0, 0.1) is 0 Å². The SMILES string of the molecule is COc1ccc(/C=C2/C[C@H]3C=Nc4cc(OCc5ccccc5)c(OC)cc4C(=O)N3C2)cc1. The van der Waals surface area contributed by atoms with E-state index in [2.05, 4.69) is 11.1 Å². The molecule has 1 fully saturated rings. The second-order valence-corrected chi connectivity index (χ2v) is 8.35. The molecule has 1 amide bonds. The zero-order valence-electron chi connectivity index (χ0n) is 19.2. The molecule has 3 aromatic carbocycles. The minimum absolute atomic E-state index is 0.0523. The van der Waals surface area contributed by atoms with E-state index in [0.29, 0.717) is 35.9 Å². The van der Waals surface area contributed by atoms with E-state index < -0.39 is 0 Å². The largest absolute Gasteiger partial charge is 0.497 e. The standard InChI is InChI=1S/C28H26N2O4/c1-32-23-10-8-19(9-11-23)12-21-13-22-16-29-25-15-27(34-18-20-6-4-3-5-7-20)26(33-2)14-24(25)28(31)30(22)17-21/h3-12,14-16,22H,13,17-18H2,1-2H3/b21-12-/t22-/m0/s1. The normalized spacial score (nSPS) is 17.8. The Morgan fingerprint density at radius 3 is 2.53 bits per heavy atom. The summed E-state index contributed by atoms with van der Waals surface area (Å²) in [6.45, 7) is 0.970. The Kier molecular flexibility index (Phi) is 6.04. The molecule has 6 heteroatoms. The molecule has 34 heavy (non-hydrogen) atoms. The molecule has 5 rings (SSSR count). The molecule has 0 spiro atoms. The molecule has 0 bridgehead atoms. The monoisotopic (exact) mass is 454 g/mol. The fourth-order valence-corrected chi connectivity index (χ4v) is 4.33. The fourth-order valence-electron chi connectivity index (χ4n) is 4.33. The van der Waals surface area contributed by atoms with Crippen LogP contribution in [0.1, 0.15) is 27.9 Å². The molecule has 0 aromatic heterocycles. The first-order chi connectivity index (χ1) is 16.6. The van der Waals surface area contributed by atoms with Crippen LogP contribution >= 0.6 is 0 Å². The molecule has 0 unspecified atom stereocenters. The second kappa shape index (κ2) is 9.43. The highest BCUT2D eigenvalue weighted by Gasteiger charge is 2.34. The maximum atomic E-state index is 13.5. The summed E-state index contributed by atoms with van der Waals surface area (Å²) in [6, 6.07) is 21.3. The van der Waals surface area contributed by atoms with Gasteiger partial charge in [0.15, 0.2) is 11.5 Å². The van der Waals surface area contributed by atoms with Crippen molar-refractivity contribution in [3.05, 3.63) is 89.0 Å². The van der Waals surface area contributed by atoms with Crippen LogP contribution in [0.5, 0.6) is 17.2 Å². The molecule has 6 nitrogen and oxygen atoms in total. The van der Waals surface area contributed by atoms with Crippen molar-refractivity contribution in [2.45, 2.75) is 19.1 Å². The molecule has 172 valence electrons. The Morgan fingerprint density at radius 1 is 1.00 bits per heavy atom. The molecule has 1 atom stereocenters. The molecule has 2 aliphatic heterocycles. The first kappa shape index (κ1) is 21.8. The molecule has 3 aromatic rings. The maximum absolute atomic E-state index is 13.5. The van der Waals surface area contributed by atoms with Crippen molar-refractivity contribution in [2.24, 2.45) is 4.99 Å². The molecule has 0 radical (unpaired) electrons. The summed E-state index contributed by atoms with van der Waals surface area (Å²) in [4.78, 5) is 20.0. The van der Waals surface area contributed by atoms with Crippen molar-refractivity contribution < 1.29 is 19.0 Å². The van der Waals surface area contributed by atoms with Crippen LogP contribution in [0.3, 0.4) is 0 Å². The lowest BCUT2D eigenvalue weighted by Gasteiger charge is -2.20. The van der Waals surface area contributed by atoms with Crippen LogP contribution in [-0.4, -0.2) is 43.8 Å². The highest BCUT2D eigenvalue weighted by molar-refractivity contribution is 6.04. The minimum Gasteiger partial charge on any atom is -0.497 e. The van der Waals surface area contributed by atoms with Gasteiger partial charge in [-0.25, -0.2) is 0 Å². The van der Waals surface area contributed by atoms with E-state index in [0.717, 1.165) is 23.3 Å². The van der Waals surface area contributed by atoms with Crippen LogP contribution in [0.15, 0.2) is 77.3 Å². The first-order valence-corrected chi connectivity index (χ1v) is 11.2. The van der Waals surface area contributed by atoms with E-state index in [9.17, 15) is 4.79 Å². The van der Waals surface area contributed by atoms with Gasteiger partial charge in [0.25, 0.3) is 5.91 Å². The van der Waals surface area contributed by atoms with Crippen LogP contribution in [0.25, 0.3) is 6.08 Å². The smallest absolute Gasteiger partial charge is 0.257 e. The van der Waals surface area contributed by atoms with Crippen LogP contribution in [0.2, 0.25) is 0 Å². The number of methoxy groups -OCH3 is 2. The van der Waals surface area contributed by atoms with Gasteiger partial charge in [0, 0.05) is 18.8 Å². The van der Waals surface area contributed by atoms with Gasteiger partial charge in [-0.3, -0.25) is 9.79 Å². The quantitative estimate of drug-likeness (QED) is 0.507. The Hall–Kier alpha value is -4.06. The number of ether oxygens (including phenoxy) is 3. The number of carbonyl (C=O) groups excluding carboxylic acids is 1. The van der Waals surface area contributed by atoms with E-state index in [1.807, 2.05) is 65.7 Å². The number of fused-ring (bicyclic) bond motifs is 2. The number of hydrogen-bond acceptors (Lipinski definition) is 5. The summed E-state index contributed by atoms with van der Waals surface area (Å²) in [5, 5.41) is 0. The molecular weight excluding hydrogens is 428 g/mol. The van der Waals surface area contributed by atoms with Gasteiger partial charge in [-0.15, -0.1) is 0 Å². The van der Waals surface area contributed by atoms with Crippen molar-refractivity contribution >= 4 is 23.9 Å². The highest BCUT2D eigenvalue weighted by atomic mass is 16.5. The Labute approximate surface area is 199 Å². The average molecular weight is 455 g/mol. The van der Waals surface area contributed by atoms with Crippen LogP contribution in [-0.2, 0) is 6.61 Å². The van der Waals surface area contributed by atoms with Crippen molar-refractivity contribution in [1.82, 2.24) is 4.90 Å². The number of aliphatic imine (C=N–C) groups is 1. The van der Waals surface area contributed by atoms with E-state index in [4.69, 9.17) is 14.2 Å². The lowest BCUT2D eigenvalue weighted by Crippen LogP contribution is -2.35. The van der Waals surface area contributed by atoms with Gasteiger partial charge in [-0.1, -0.05) is 48.5 Å². The van der Waals surface area contributed by atoms with Gasteiger partial charge in [-0.2, -0.15) is 0 Å². The second-order valence-electron chi connectivity index (χ2n) is 8.35. The van der Waals surface area contributed by atoms with Gasteiger partial charge < -0.3 is 19.1 Å². The summed E-state index contributed by atoms with van der Waals surface area (Å²) in [5.41, 5.74) is 4.45. The van der Waals surface area contributed by atoms with Gasteiger partial charge in [0.2, 0.25) is 0 Å². The third kappa shape index (κ3) is 4.39. The molecule has 1 saturated heterocycles. The Morgan fingerprint density at radius 2 is 1.79 bits per heavy atom. The first-order valence-electron chi connectivity index (χ1n) is 11.2. The molecule has 0 saturated carbocycles. The predicted molar refractivity (Wildman–Crippen MR) is 132 cm³/mol.